The minimum atomic E-state index is -1.73. The van der Waals surface area contributed by atoms with Crippen LogP contribution in [0.3, 0.4) is 0 Å². The van der Waals surface area contributed by atoms with E-state index < -0.39 is 41.5 Å². The lowest BCUT2D eigenvalue weighted by Gasteiger charge is -2.10. The minimum absolute atomic E-state index is 0.624. The van der Waals surface area contributed by atoms with Crippen molar-refractivity contribution < 1.29 is 27.8 Å². The number of rotatable bonds is 3. The Morgan fingerprint density at radius 2 is 1.94 bits per heavy atom. The Balaban J connectivity index is 2.97. The number of aliphatic hydroxyl groups is 1. The summed E-state index contributed by atoms with van der Waals surface area (Å²) in [5, 5.41) is 9.18. The third-order valence-corrected chi connectivity index (χ3v) is 2.01. The van der Waals surface area contributed by atoms with Crippen molar-refractivity contribution in [3.05, 3.63) is 35.1 Å². The highest BCUT2D eigenvalue weighted by Gasteiger charge is 2.22. The summed E-state index contributed by atoms with van der Waals surface area (Å²) >= 11 is 0. The van der Waals surface area contributed by atoms with Gasteiger partial charge >= 0.3 is 5.97 Å². The number of benzene rings is 1. The van der Waals surface area contributed by atoms with Crippen LogP contribution in [0.2, 0.25) is 0 Å². The first-order valence-electron chi connectivity index (χ1n) is 4.35. The van der Waals surface area contributed by atoms with E-state index in [0.29, 0.717) is 6.07 Å². The molecule has 0 fully saturated rings. The smallest absolute Gasteiger partial charge is 0.335 e. The van der Waals surface area contributed by atoms with Gasteiger partial charge < -0.3 is 9.84 Å². The average molecular weight is 234 g/mol. The summed E-state index contributed by atoms with van der Waals surface area (Å²) in [5.74, 6) is -4.72. The predicted octanol–water partition coefficient (Wildman–Crippen LogP) is 1.18. The fourth-order valence-electron chi connectivity index (χ4n) is 1.17. The molecule has 0 aliphatic rings. The fraction of sp³-hybridized carbons (Fsp3) is 0.300. The predicted molar refractivity (Wildman–Crippen MR) is 48.0 cm³/mol. The van der Waals surface area contributed by atoms with Gasteiger partial charge in [0, 0.05) is 12.0 Å². The minimum Gasteiger partial charge on any atom is -0.467 e. The van der Waals surface area contributed by atoms with Crippen LogP contribution in [0.1, 0.15) is 5.56 Å². The van der Waals surface area contributed by atoms with Gasteiger partial charge in [-0.2, -0.15) is 0 Å². The van der Waals surface area contributed by atoms with E-state index in [0.717, 1.165) is 13.2 Å². The second kappa shape index (κ2) is 4.98. The maximum absolute atomic E-state index is 13.1. The molecule has 0 aromatic heterocycles. The highest BCUT2D eigenvalue weighted by Crippen LogP contribution is 2.17. The zero-order valence-electron chi connectivity index (χ0n) is 8.34. The lowest BCUT2D eigenvalue weighted by Crippen LogP contribution is -2.25. The van der Waals surface area contributed by atoms with Crippen LogP contribution in [-0.2, 0) is 16.0 Å². The van der Waals surface area contributed by atoms with Crippen LogP contribution in [0.15, 0.2) is 12.1 Å². The molecule has 0 aliphatic carbocycles. The molecule has 0 aliphatic heterocycles. The zero-order chi connectivity index (χ0) is 12.3. The molecule has 0 bridgehead atoms. The molecule has 0 heterocycles. The highest BCUT2D eigenvalue weighted by molar-refractivity contribution is 5.74. The van der Waals surface area contributed by atoms with E-state index in [9.17, 15) is 23.1 Å². The van der Waals surface area contributed by atoms with Gasteiger partial charge in [0.05, 0.1) is 7.11 Å². The number of carbonyl (C=O) groups is 1. The third-order valence-electron chi connectivity index (χ3n) is 2.01. The summed E-state index contributed by atoms with van der Waals surface area (Å²) in [7, 11) is 1.02. The molecule has 1 unspecified atom stereocenters. The molecule has 1 N–H and O–H groups in total. The molecule has 0 amide bonds. The first kappa shape index (κ1) is 12.5. The summed E-state index contributed by atoms with van der Waals surface area (Å²) in [6.07, 6.45) is -2.40. The molecule has 1 aromatic carbocycles. The molecule has 16 heavy (non-hydrogen) atoms. The van der Waals surface area contributed by atoms with Crippen LogP contribution in [0, 0.1) is 17.5 Å². The van der Waals surface area contributed by atoms with Gasteiger partial charge in [0.25, 0.3) is 0 Å². The standard InChI is InChI=1S/C10H9F3O3/c1-16-10(15)8(14)4-5-6(11)2-3-7(12)9(5)13/h2-3,8,14H,4H2,1H3. The maximum atomic E-state index is 13.1. The van der Waals surface area contributed by atoms with E-state index in [1.807, 2.05) is 0 Å². The second-order valence-electron chi connectivity index (χ2n) is 3.06. The Morgan fingerprint density at radius 1 is 1.38 bits per heavy atom. The van der Waals surface area contributed by atoms with Crippen molar-refractivity contribution in [3.8, 4) is 0 Å². The van der Waals surface area contributed by atoms with Gasteiger partial charge in [-0.1, -0.05) is 0 Å². The van der Waals surface area contributed by atoms with Crippen LogP contribution in [-0.4, -0.2) is 24.3 Å². The van der Waals surface area contributed by atoms with Crippen LogP contribution < -0.4 is 0 Å². The zero-order valence-corrected chi connectivity index (χ0v) is 8.34. The molecular formula is C10H9F3O3. The maximum Gasteiger partial charge on any atom is 0.335 e. The topological polar surface area (TPSA) is 46.5 Å². The molecule has 0 saturated carbocycles. The summed E-state index contributed by atoms with van der Waals surface area (Å²) in [4.78, 5) is 10.8. The van der Waals surface area contributed by atoms with Crippen LogP contribution >= 0.6 is 0 Å². The molecule has 88 valence electrons. The lowest BCUT2D eigenvalue weighted by atomic mass is 10.1. The molecule has 0 saturated heterocycles. The van der Waals surface area contributed by atoms with E-state index in [1.54, 1.807) is 0 Å². The highest BCUT2D eigenvalue weighted by atomic mass is 19.2. The monoisotopic (exact) mass is 234 g/mol. The van der Waals surface area contributed by atoms with Crippen molar-refractivity contribution in [2.45, 2.75) is 12.5 Å². The van der Waals surface area contributed by atoms with Gasteiger partial charge in [-0.25, -0.2) is 18.0 Å². The van der Waals surface area contributed by atoms with E-state index >= 15 is 0 Å². The van der Waals surface area contributed by atoms with Crippen LogP contribution in [0.4, 0.5) is 13.2 Å². The third kappa shape index (κ3) is 2.52. The molecule has 6 heteroatoms. The summed E-state index contributed by atoms with van der Waals surface area (Å²) in [6.45, 7) is 0. The molecule has 1 aromatic rings. The van der Waals surface area contributed by atoms with E-state index in [-0.39, 0.29) is 0 Å². The Bertz CT molecular complexity index is 407. The summed E-state index contributed by atoms with van der Waals surface area (Å²) in [6, 6.07) is 1.34. The molecule has 0 radical (unpaired) electrons. The van der Waals surface area contributed by atoms with Crippen molar-refractivity contribution in [3.63, 3.8) is 0 Å². The Labute approximate surface area is 89.5 Å². The second-order valence-corrected chi connectivity index (χ2v) is 3.06. The summed E-state index contributed by atoms with van der Waals surface area (Å²) in [5.41, 5.74) is -0.682. The Kier molecular flexibility index (Phi) is 3.89. The van der Waals surface area contributed by atoms with Gasteiger partial charge in [-0.3, -0.25) is 0 Å². The summed E-state index contributed by atoms with van der Waals surface area (Å²) < 4.78 is 43.1. The number of carbonyl (C=O) groups excluding carboxylic acids is 1. The van der Waals surface area contributed by atoms with Gasteiger partial charge in [0.1, 0.15) is 5.82 Å². The molecule has 1 atom stereocenters. The molecule has 0 spiro atoms. The van der Waals surface area contributed by atoms with E-state index in [4.69, 9.17) is 0 Å². The Hall–Kier alpha value is -1.56. The van der Waals surface area contributed by atoms with Crippen molar-refractivity contribution >= 4 is 5.97 Å². The normalized spacial score (nSPS) is 12.3. The number of ether oxygens (including phenoxy) is 1. The molecule has 3 nitrogen and oxygen atoms in total. The average Bonchev–Trinajstić information content (AvgIpc) is 2.28. The quantitative estimate of drug-likeness (QED) is 0.631. The Morgan fingerprint density at radius 3 is 2.50 bits per heavy atom. The van der Waals surface area contributed by atoms with E-state index in [2.05, 4.69) is 4.74 Å². The molecule has 1 rings (SSSR count). The van der Waals surface area contributed by atoms with Crippen molar-refractivity contribution in [2.24, 2.45) is 0 Å². The first-order chi connectivity index (χ1) is 7.47. The van der Waals surface area contributed by atoms with Gasteiger partial charge in [0.2, 0.25) is 0 Å². The number of halogens is 3. The number of esters is 1. The number of hydrogen-bond donors (Lipinski definition) is 1. The lowest BCUT2D eigenvalue weighted by molar-refractivity contribution is -0.150. The fourth-order valence-corrected chi connectivity index (χ4v) is 1.17. The number of methoxy groups -OCH3 is 1. The molecular weight excluding hydrogens is 225 g/mol. The first-order valence-corrected chi connectivity index (χ1v) is 4.35. The van der Waals surface area contributed by atoms with Gasteiger partial charge in [-0.05, 0) is 12.1 Å². The van der Waals surface area contributed by atoms with Crippen molar-refractivity contribution in [1.29, 1.82) is 0 Å². The number of aliphatic hydroxyl groups excluding tert-OH is 1. The van der Waals surface area contributed by atoms with Crippen molar-refractivity contribution in [1.82, 2.24) is 0 Å². The van der Waals surface area contributed by atoms with Crippen LogP contribution in [0.5, 0.6) is 0 Å². The largest absolute Gasteiger partial charge is 0.467 e. The SMILES string of the molecule is COC(=O)C(O)Cc1c(F)ccc(F)c1F. The van der Waals surface area contributed by atoms with E-state index in [1.165, 1.54) is 0 Å². The van der Waals surface area contributed by atoms with Crippen molar-refractivity contribution in [2.75, 3.05) is 7.11 Å². The van der Waals surface area contributed by atoms with Crippen LogP contribution in [0.25, 0.3) is 0 Å². The van der Waals surface area contributed by atoms with Gasteiger partial charge in [0.15, 0.2) is 17.7 Å². The van der Waals surface area contributed by atoms with Gasteiger partial charge in [-0.15, -0.1) is 0 Å². The number of hydrogen-bond acceptors (Lipinski definition) is 3.